The van der Waals surface area contributed by atoms with E-state index in [-0.39, 0.29) is 11.9 Å². The molecule has 114 valence electrons. The SMILES string of the molecule is Cc1cc(C)n(CCCC(=O)NC(C)c2ncc(C)[nH]2)n1. The molecule has 0 aliphatic carbocycles. The second kappa shape index (κ2) is 6.56. The van der Waals surface area contributed by atoms with Crippen LogP contribution in [0.25, 0.3) is 0 Å². The number of amides is 1. The number of carbonyl (C=O) groups excluding carboxylic acids is 1. The Morgan fingerprint density at radius 1 is 1.43 bits per heavy atom. The summed E-state index contributed by atoms with van der Waals surface area (Å²) in [6, 6.07) is 1.95. The van der Waals surface area contributed by atoms with Crippen molar-refractivity contribution in [3.8, 4) is 0 Å². The van der Waals surface area contributed by atoms with E-state index in [1.807, 2.05) is 38.4 Å². The average Bonchev–Trinajstić information content (AvgIpc) is 2.96. The van der Waals surface area contributed by atoms with Crippen molar-refractivity contribution in [2.45, 2.75) is 53.1 Å². The van der Waals surface area contributed by atoms with Crippen molar-refractivity contribution in [2.24, 2.45) is 0 Å². The minimum absolute atomic E-state index is 0.0399. The van der Waals surface area contributed by atoms with Gasteiger partial charge in [-0.05, 0) is 40.2 Å². The number of rotatable bonds is 6. The molecule has 2 rings (SSSR count). The molecule has 0 aromatic carbocycles. The van der Waals surface area contributed by atoms with E-state index in [0.29, 0.717) is 6.42 Å². The summed E-state index contributed by atoms with van der Waals surface area (Å²) in [6.07, 6.45) is 3.03. The minimum Gasteiger partial charge on any atom is -0.346 e. The Morgan fingerprint density at radius 2 is 2.19 bits per heavy atom. The molecule has 2 aromatic rings. The molecule has 1 unspecified atom stereocenters. The summed E-state index contributed by atoms with van der Waals surface area (Å²) in [5.74, 6) is 0.831. The van der Waals surface area contributed by atoms with Crippen LogP contribution in [0, 0.1) is 20.8 Å². The lowest BCUT2D eigenvalue weighted by Crippen LogP contribution is -2.27. The van der Waals surface area contributed by atoms with Crippen LogP contribution in [0.3, 0.4) is 0 Å². The Kier molecular flexibility index (Phi) is 4.77. The van der Waals surface area contributed by atoms with Crippen LogP contribution in [0.4, 0.5) is 0 Å². The second-order valence-electron chi connectivity index (χ2n) is 5.49. The maximum Gasteiger partial charge on any atom is 0.220 e. The summed E-state index contributed by atoms with van der Waals surface area (Å²) in [5.41, 5.74) is 3.14. The molecule has 2 N–H and O–H groups in total. The van der Waals surface area contributed by atoms with Crippen LogP contribution < -0.4 is 5.32 Å². The van der Waals surface area contributed by atoms with Crippen LogP contribution in [-0.4, -0.2) is 25.7 Å². The van der Waals surface area contributed by atoms with E-state index in [1.54, 1.807) is 6.20 Å². The van der Waals surface area contributed by atoms with Gasteiger partial charge in [-0.25, -0.2) is 4.98 Å². The zero-order valence-electron chi connectivity index (χ0n) is 13.1. The van der Waals surface area contributed by atoms with Crippen LogP contribution >= 0.6 is 0 Å². The van der Waals surface area contributed by atoms with Gasteiger partial charge in [-0.2, -0.15) is 5.10 Å². The van der Waals surface area contributed by atoms with E-state index in [4.69, 9.17) is 0 Å². The third kappa shape index (κ3) is 4.18. The van der Waals surface area contributed by atoms with Crippen LogP contribution in [0.1, 0.15) is 48.7 Å². The fraction of sp³-hybridized carbons (Fsp3) is 0.533. The van der Waals surface area contributed by atoms with Crippen molar-refractivity contribution in [3.05, 3.63) is 35.2 Å². The van der Waals surface area contributed by atoms with Gasteiger partial charge in [0.1, 0.15) is 5.82 Å². The Bertz CT molecular complexity index is 613. The molecule has 0 saturated heterocycles. The number of nitrogens with one attached hydrogen (secondary N) is 2. The third-order valence-electron chi connectivity index (χ3n) is 3.39. The monoisotopic (exact) mass is 289 g/mol. The number of H-pyrrole nitrogens is 1. The van der Waals surface area contributed by atoms with E-state index in [9.17, 15) is 4.79 Å². The predicted molar refractivity (Wildman–Crippen MR) is 80.8 cm³/mol. The van der Waals surface area contributed by atoms with Crippen molar-refractivity contribution in [1.29, 1.82) is 0 Å². The van der Waals surface area contributed by atoms with Crippen molar-refractivity contribution in [1.82, 2.24) is 25.1 Å². The van der Waals surface area contributed by atoms with Crippen molar-refractivity contribution in [2.75, 3.05) is 0 Å². The summed E-state index contributed by atoms with van der Waals surface area (Å²) >= 11 is 0. The first-order valence-corrected chi connectivity index (χ1v) is 7.27. The van der Waals surface area contributed by atoms with E-state index in [1.165, 1.54) is 0 Å². The fourth-order valence-electron chi connectivity index (χ4n) is 2.33. The summed E-state index contributed by atoms with van der Waals surface area (Å²) in [6.45, 7) is 8.64. The van der Waals surface area contributed by atoms with Crippen molar-refractivity contribution >= 4 is 5.91 Å². The number of hydrogen-bond donors (Lipinski definition) is 2. The molecule has 21 heavy (non-hydrogen) atoms. The van der Waals surface area contributed by atoms with Gasteiger partial charge in [0.05, 0.1) is 11.7 Å². The highest BCUT2D eigenvalue weighted by Crippen LogP contribution is 2.09. The smallest absolute Gasteiger partial charge is 0.220 e. The van der Waals surface area contributed by atoms with Gasteiger partial charge in [-0.15, -0.1) is 0 Å². The minimum atomic E-state index is -0.0973. The second-order valence-corrected chi connectivity index (χ2v) is 5.49. The lowest BCUT2D eigenvalue weighted by Gasteiger charge is -2.11. The maximum absolute atomic E-state index is 11.9. The zero-order chi connectivity index (χ0) is 15.4. The molecule has 1 atom stereocenters. The van der Waals surface area contributed by atoms with Gasteiger partial charge in [0.2, 0.25) is 5.91 Å². The summed E-state index contributed by atoms with van der Waals surface area (Å²) in [7, 11) is 0. The van der Waals surface area contributed by atoms with Gasteiger partial charge in [-0.1, -0.05) is 0 Å². The lowest BCUT2D eigenvalue weighted by atomic mass is 10.2. The largest absolute Gasteiger partial charge is 0.346 e. The normalized spacial score (nSPS) is 12.4. The first kappa shape index (κ1) is 15.3. The Balaban J connectivity index is 1.76. The van der Waals surface area contributed by atoms with Gasteiger partial charge in [-0.3, -0.25) is 9.48 Å². The van der Waals surface area contributed by atoms with Gasteiger partial charge >= 0.3 is 0 Å². The molecule has 0 fully saturated rings. The molecule has 0 saturated carbocycles. The molecule has 6 heteroatoms. The van der Waals surface area contributed by atoms with Crippen molar-refractivity contribution < 1.29 is 4.79 Å². The molecule has 0 spiro atoms. The zero-order valence-corrected chi connectivity index (χ0v) is 13.1. The topological polar surface area (TPSA) is 75.6 Å². The van der Waals surface area contributed by atoms with Crippen LogP contribution in [0.15, 0.2) is 12.3 Å². The quantitative estimate of drug-likeness (QED) is 0.856. The van der Waals surface area contributed by atoms with Gasteiger partial charge in [0.15, 0.2) is 0 Å². The van der Waals surface area contributed by atoms with E-state index < -0.39 is 0 Å². The molecular weight excluding hydrogens is 266 g/mol. The van der Waals surface area contributed by atoms with Gasteiger partial charge in [0, 0.05) is 30.6 Å². The molecular formula is C15H23N5O. The highest BCUT2D eigenvalue weighted by Gasteiger charge is 2.12. The molecule has 2 heterocycles. The number of aryl methyl sites for hydroxylation is 4. The highest BCUT2D eigenvalue weighted by atomic mass is 16.1. The molecule has 6 nitrogen and oxygen atoms in total. The van der Waals surface area contributed by atoms with Crippen LogP contribution in [-0.2, 0) is 11.3 Å². The molecule has 0 aliphatic rings. The number of aromatic amines is 1. The van der Waals surface area contributed by atoms with E-state index >= 15 is 0 Å². The number of carbonyl (C=O) groups is 1. The number of hydrogen-bond acceptors (Lipinski definition) is 3. The van der Waals surface area contributed by atoms with Crippen LogP contribution in [0.5, 0.6) is 0 Å². The Hall–Kier alpha value is -2.11. The Morgan fingerprint density at radius 3 is 2.76 bits per heavy atom. The van der Waals surface area contributed by atoms with Crippen molar-refractivity contribution in [3.63, 3.8) is 0 Å². The lowest BCUT2D eigenvalue weighted by molar-refractivity contribution is -0.121. The third-order valence-corrected chi connectivity index (χ3v) is 3.39. The number of imidazole rings is 1. The predicted octanol–water partition coefficient (Wildman–Crippen LogP) is 2.19. The van der Waals surface area contributed by atoms with E-state index in [2.05, 4.69) is 20.4 Å². The Labute approximate surface area is 125 Å². The molecule has 0 bridgehead atoms. The molecule has 1 amide bonds. The highest BCUT2D eigenvalue weighted by molar-refractivity contribution is 5.76. The number of nitrogens with zero attached hydrogens (tertiary/aromatic N) is 3. The fourth-order valence-corrected chi connectivity index (χ4v) is 2.33. The summed E-state index contributed by atoms with van der Waals surface area (Å²) in [4.78, 5) is 19.3. The summed E-state index contributed by atoms with van der Waals surface area (Å²) in [5, 5.41) is 7.34. The summed E-state index contributed by atoms with van der Waals surface area (Å²) < 4.78 is 1.95. The standard InChI is InChI=1S/C15H23N5O/c1-10-8-12(3)20(19-10)7-5-6-14(21)18-13(4)15-16-9-11(2)17-15/h8-9,13H,5-7H2,1-4H3,(H,16,17)(H,18,21). The maximum atomic E-state index is 11.9. The van der Waals surface area contributed by atoms with Gasteiger partial charge < -0.3 is 10.3 Å². The number of aromatic nitrogens is 4. The van der Waals surface area contributed by atoms with Gasteiger partial charge in [0.25, 0.3) is 0 Å². The first-order valence-electron chi connectivity index (χ1n) is 7.27. The van der Waals surface area contributed by atoms with E-state index in [0.717, 1.165) is 35.9 Å². The molecule has 0 aliphatic heterocycles. The molecule has 0 radical (unpaired) electrons. The average molecular weight is 289 g/mol. The first-order chi connectivity index (χ1) is 9.95. The van der Waals surface area contributed by atoms with Crippen LogP contribution in [0.2, 0.25) is 0 Å². The molecule has 2 aromatic heterocycles.